The van der Waals surface area contributed by atoms with Gasteiger partial charge in [-0.25, -0.2) is 9.97 Å². The second-order valence-corrected chi connectivity index (χ2v) is 6.87. The summed E-state index contributed by atoms with van der Waals surface area (Å²) in [5, 5.41) is 2.86. The Labute approximate surface area is 161 Å². The summed E-state index contributed by atoms with van der Waals surface area (Å²) < 4.78 is 44.1. The first kappa shape index (κ1) is 20.3. The van der Waals surface area contributed by atoms with Crippen molar-refractivity contribution in [1.82, 2.24) is 15.3 Å². The molecule has 1 aliphatic rings. The predicted molar refractivity (Wildman–Crippen MR) is 96.7 cm³/mol. The molecular weight excluding hydrogens is 371 g/mol. The summed E-state index contributed by atoms with van der Waals surface area (Å²) in [4.78, 5) is 20.6. The Morgan fingerprint density at radius 3 is 2.50 bits per heavy atom. The van der Waals surface area contributed by atoms with Crippen molar-refractivity contribution in [1.29, 1.82) is 0 Å². The van der Waals surface area contributed by atoms with E-state index in [0.29, 0.717) is 26.1 Å². The van der Waals surface area contributed by atoms with E-state index < -0.39 is 17.3 Å². The monoisotopic (exact) mass is 393 g/mol. The number of hydrogen-bond acceptors (Lipinski definition) is 4. The first-order valence-electron chi connectivity index (χ1n) is 9.15. The molecule has 0 spiro atoms. The molecule has 0 saturated carbocycles. The first-order chi connectivity index (χ1) is 13.3. The van der Waals surface area contributed by atoms with Gasteiger partial charge in [-0.15, -0.1) is 0 Å². The molecular formula is C20H22F3N3O2. The Kier molecular flexibility index (Phi) is 5.98. The number of rotatable bonds is 5. The molecule has 3 rings (SSSR count). The summed E-state index contributed by atoms with van der Waals surface area (Å²) in [6, 6.07) is 10.4. The van der Waals surface area contributed by atoms with Crippen molar-refractivity contribution in [2.24, 2.45) is 0 Å². The van der Waals surface area contributed by atoms with Crippen LogP contribution in [0.3, 0.4) is 0 Å². The topological polar surface area (TPSA) is 64.1 Å². The molecule has 150 valence electrons. The SMILES string of the molecule is Cc1cc(C(F)(F)F)nc(CCNC(=O)C2(c3ccccc3)CCOCC2)n1. The largest absolute Gasteiger partial charge is 0.433 e. The van der Waals surface area contributed by atoms with Gasteiger partial charge in [0.15, 0.2) is 0 Å². The fraction of sp³-hybridized carbons (Fsp3) is 0.450. The minimum atomic E-state index is -4.52. The summed E-state index contributed by atoms with van der Waals surface area (Å²) in [5.41, 5.74) is -0.494. The fourth-order valence-corrected chi connectivity index (χ4v) is 3.47. The third kappa shape index (κ3) is 4.49. The molecule has 1 aliphatic heterocycles. The van der Waals surface area contributed by atoms with Crippen molar-refractivity contribution in [2.75, 3.05) is 19.8 Å². The maximum absolute atomic E-state index is 13.0. The van der Waals surface area contributed by atoms with E-state index in [2.05, 4.69) is 15.3 Å². The number of aromatic nitrogens is 2. The number of halogens is 3. The number of nitrogens with zero attached hydrogens (tertiary/aromatic N) is 2. The third-order valence-electron chi connectivity index (χ3n) is 4.93. The lowest BCUT2D eigenvalue weighted by atomic mass is 9.73. The smallest absolute Gasteiger partial charge is 0.381 e. The van der Waals surface area contributed by atoms with E-state index in [4.69, 9.17) is 4.74 Å². The van der Waals surface area contributed by atoms with Crippen molar-refractivity contribution in [2.45, 2.75) is 37.8 Å². The first-order valence-corrected chi connectivity index (χ1v) is 9.15. The van der Waals surface area contributed by atoms with Crippen molar-refractivity contribution in [3.8, 4) is 0 Å². The molecule has 1 saturated heterocycles. The molecule has 28 heavy (non-hydrogen) atoms. The van der Waals surface area contributed by atoms with Crippen LogP contribution in [0.2, 0.25) is 0 Å². The average molecular weight is 393 g/mol. The van der Waals surface area contributed by atoms with Gasteiger partial charge in [-0.3, -0.25) is 4.79 Å². The standard InChI is InChI=1S/C20H22F3N3O2/c1-14-13-16(20(21,22)23)26-17(25-14)7-10-24-18(27)19(8-11-28-12-9-19)15-5-3-2-4-6-15/h2-6,13H,7-12H2,1H3,(H,24,27). The van der Waals surface area contributed by atoms with Crippen molar-refractivity contribution >= 4 is 5.91 Å². The Hall–Kier alpha value is -2.48. The van der Waals surface area contributed by atoms with Crippen LogP contribution < -0.4 is 5.32 Å². The molecule has 0 aliphatic carbocycles. The van der Waals surface area contributed by atoms with Crippen LogP contribution in [0.5, 0.6) is 0 Å². The summed E-state index contributed by atoms with van der Waals surface area (Å²) in [6.07, 6.45) is -3.28. The molecule has 0 unspecified atom stereocenters. The van der Waals surface area contributed by atoms with Gasteiger partial charge >= 0.3 is 6.18 Å². The zero-order valence-electron chi connectivity index (χ0n) is 15.6. The van der Waals surface area contributed by atoms with Crippen molar-refractivity contribution in [3.63, 3.8) is 0 Å². The van der Waals surface area contributed by atoms with Gasteiger partial charge in [0.25, 0.3) is 0 Å². The molecule has 2 aromatic rings. The van der Waals surface area contributed by atoms with E-state index in [1.54, 1.807) is 0 Å². The number of alkyl halides is 3. The highest BCUT2D eigenvalue weighted by atomic mass is 19.4. The molecule has 1 aromatic heterocycles. The number of hydrogen-bond donors (Lipinski definition) is 1. The van der Waals surface area contributed by atoms with E-state index in [9.17, 15) is 18.0 Å². The molecule has 8 heteroatoms. The lowest BCUT2D eigenvalue weighted by molar-refractivity contribution is -0.141. The van der Waals surface area contributed by atoms with Crippen molar-refractivity contribution in [3.05, 3.63) is 59.2 Å². The van der Waals surface area contributed by atoms with Gasteiger partial charge in [0, 0.05) is 31.9 Å². The second kappa shape index (κ2) is 8.26. The molecule has 0 atom stereocenters. The zero-order chi connectivity index (χ0) is 20.2. The molecule has 1 N–H and O–H groups in total. The molecule has 1 fully saturated rings. The van der Waals surface area contributed by atoms with Crippen LogP contribution in [0, 0.1) is 6.92 Å². The Bertz CT molecular complexity index is 819. The Morgan fingerprint density at radius 2 is 1.86 bits per heavy atom. The molecule has 1 aromatic carbocycles. The fourth-order valence-electron chi connectivity index (χ4n) is 3.47. The van der Waals surface area contributed by atoms with Crippen molar-refractivity contribution < 1.29 is 22.7 Å². The minimum absolute atomic E-state index is 0.0633. The highest BCUT2D eigenvalue weighted by Gasteiger charge is 2.41. The van der Waals surface area contributed by atoms with E-state index in [1.807, 2.05) is 30.3 Å². The zero-order valence-corrected chi connectivity index (χ0v) is 15.6. The molecule has 0 radical (unpaired) electrons. The van der Waals surface area contributed by atoms with Crippen LogP contribution in [0.25, 0.3) is 0 Å². The number of carbonyl (C=O) groups is 1. The number of ether oxygens (including phenoxy) is 1. The van der Waals surface area contributed by atoms with Crippen LogP contribution in [-0.4, -0.2) is 35.6 Å². The van der Waals surface area contributed by atoms with E-state index in [1.165, 1.54) is 6.92 Å². The number of carbonyl (C=O) groups excluding carboxylic acids is 1. The van der Waals surface area contributed by atoms with E-state index in [-0.39, 0.29) is 30.4 Å². The van der Waals surface area contributed by atoms with Crippen LogP contribution in [0.4, 0.5) is 13.2 Å². The van der Waals surface area contributed by atoms with E-state index in [0.717, 1.165) is 11.6 Å². The van der Waals surface area contributed by atoms with Gasteiger partial charge < -0.3 is 10.1 Å². The number of amides is 1. The van der Waals surface area contributed by atoms with Gasteiger partial charge in [0.2, 0.25) is 5.91 Å². The average Bonchev–Trinajstić information content (AvgIpc) is 2.68. The Morgan fingerprint density at radius 1 is 1.18 bits per heavy atom. The van der Waals surface area contributed by atoms with Crippen LogP contribution >= 0.6 is 0 Å². The summed E-state index contributed by atoms with van der Waals surface area (Å²) in [7, 11) is 0. The van der Waals surface area contributed by atoms with Gasteiger partial charge in [-0.2, -0.15) is 13.2 Å². The van der Waals surface area contributed by atoms with Gasteiger partial charge in [-0.1, -0.05) is 30.3 Å². The van der Waals surface area contributed by atoms with Gasteiger partial charge in [0.1, 0.15) is 11.5 Å². The highest BCUT2D eigenvalue weighted by molar-refractivity contribution is 5.88. The van der Waals surface area contributed by atoms with Gasteiger partial charge in [-0.05, 0) is 31.4 Å². The quantitative estimate of drug-likeness (QED) is 0.847. The second-order valence-electron chi connectivity index (χ2n) is 6.87. The summed E-state index contributed by atoms with van der Waals surface area (Å²) in [5.74, 6) is -0.0842. The number of nitrogens with one attached hydrogen (secondary N) is 1. The summed E-state index contributed by atoms with van der Waals surface area (Å²) in [6.45, 7) is 2.62. The molecule has 5 nitrogen and oxygen atoms in total. The van der Waals surface area contributed by atoms with E-state index >= 15 is 0 Å². The predicted octanol–water partition coefficient (Wildman–Crippen LogP) is 3.21. The number of benzene rings is 1. The Balaban J connectivity index is 1.70. The van der Waals surface area contributed by atoms with Gasteiger partial charge in [0.05, 0.1) is 5.41 Å². The maximum Gasteiger partial charge on any atom is 0.433 e. The lowest BCUT2D eigenvalue weighted by Crippen LogP contribution is -2.48. The van der Waals surface area contributed by atoms with Crippen LogP contribution in [0.1, 0.15) is 35.6 Å². The highest BCUT2D eigenvalue weighted by Crippen LogP contribution is 2.35. The lowest BCUT2D eigenvalue weighted by Gasteiger charge is -2.36. The minimum Gasteiger partial charge on any atom is -0.381 e. The molecule has 1 amide bonds. The number of aryl methyl sites for hydroxylation is 1. The molecule has 2 heterocycles. The molecule has 0 bridgehead atoms. The maximum atomic E-state index is 13.0. The van der Waals surface area contributed by atoms with Crippen LogP contribution in [-0.2, 0) is 27.5 Å². The summed E-state index contributed by atoms with van der Waals surface area (Å²) >= 11 is 0. The van der Waals surface area contributed by atoms with Crippen LogP contribution in [0.15, 0.2) is 36.4 Å². The normalized spacial score (nSPS) is 16.6. The third-order valence-corrected chi connectivity index (χ3v) is 4.93.